The molecule has 2 N–H and O–H groups in total. The summed E-state index contributed by atoms with van der Waals surface area (Å²) in [5, 5.41) is 11.9. The molecule has 5 nitrogen and oxygen atoms in total. The lowest BCUT2D eigenvalue weighted by molar-refractivity contribution is 0.0895. The molecule has 0 unspecified atom stereocenters. The molecular weight excluding hydrogens is 325 g/mol. The number of halogens is 1. The van der Waals surface area contributed by atoms with Gasteiger partial charge in [0.25, 0.3) is 0 Å². The summed E-state index contributed by atoms with van der Waals surface area (Å²) in [6, 6.07) is 10.6. The molecule has 2 atom stereocenters. The Morgan fingerprint density at radius 3 is 2.52 bits per heavy atom. The second-order valence-corrected chi connectivity index (χ2v) is 5.49. The second kappa shape index (κ2) is 8.19. The fourth-order valence-corrected chi connectivity index (χ4v) is 2.24. The number of phenols is 1. The van der Waals surface area contributed by atoms with E-state index in [1.54, 1.807) is 44.4 Å². The van der Waals surface area contributed by atoms with Gasteiger partial charge in [-0.3, -0.25) is 5.32 Å². The summed E-state index contributed by atoms with van der Waals surface area (Å²) in [6.45, 7) is 5.48. The lowest BCUT2D eigenvalue weighted by Gasteiger charge is -2.22. The molecule has 2 aromatic rings. The summed E-state index contributed by atoms with van der Waals surface area (Å²) in [7, 11) is 1.55. The molecule has 1 amide bonds. The zero-order chi connectivity index (χ0) is 18.4. The van der Waals surface area contributed by atoms with Gasteiger partial charge in [-0.25, -0.2) is 9.18 Å². The Morgan fingerprint density at radius 1 is 1.28 bits per heavy atom. The van der Waals surface area contributed by atoms with Crippen LogP contribution in [0, 0.1) is 11.7 Å². The first kappa shape index (κ1) is 18.3. The predicted molar refractivity (Wildman–Crippen MR) is 93.3 cm³/mol. The van der Waals surface area contributed by atoms with Crippen LogP contribution in [0.15, 0.2) is 55.1 Å². The molecular formula is C19H20FNO4. The number of anilines is 1. The van der Waals surface area contributed by atoms with Crippen LogP contribution in [0.25, 0.3) is 0 Å². The highest BCUT2D eigenvalue weighted by Gasteiger charge is 2.23. The minimum atomic E-state index is -0.780. The van der Waals surface area contributed by atoms with Gasteiger partial charge >= 0.3 is 6.09 Å². The molecule has 0 spiro atoms. The molecule has 0 saturated carbocycles. The van der Waals surface area contributed by atoms with Crippen molar-refractivity contribution >= 4 is 11.8 Å². The van der Waals surface area contributed by atoms with Gasteiger partial charge in [-0.1, -0.05) is 19.1 Å². The maximum absolute atomic E-state index is 13.6. The number of rotatable bonds is 6. The Balaban J connectivity index is 2.13. The van der Waals surface area contributed by atoms with Crippen molar-refractivity contribution in [3.8, 4) is 11.5 Å². The standard InChI is InChI=1S/C19H20FNO4/c1-4-12(2)18(13-5-10-17(22)16(20)11-13)25-19(23)21-14-6-8-15(24-3)9-7-14/h4-12,18,22H,1H2,2-3H3,(H,21,23)/t12-,18+/m1/s1. The van der Waals surface area contributed by atoms with Crippen molar-refractivity contribution in [1.29, 1.82) is 0 Å². The van der Waals surface area contributed by atoms with Gasteiger partial charge in [0.05, 0.1) is 7.11 Å². The number of nitrogens with one attached hydrogen (secondary N) is 1. The molecule has 0 bridgehead atoms. The van der Waals surface area contributed by atoms with Gasteiger partial charge in [0.15, 0.2) is 11.6 Å². The van der Waals surface area contributed by atoms with Crippen LogP contribution in [0.5, 0.6) is 11.5 Å². The number of benzene rings is 2. The van der Waals surface area contributed by atoms with E-state index >= 15 is 0 Å². The molecule has 25 heavy (non-hydrogen) atoms. The van der Waals surface area contributed by atoms with E-state index in [0.717, 1.165) is 6.07 Å². The third kappa shape index (κ3) is 4.73. The zero-order valence-corrected chi connectivity index (χ0v) is 14.0. The number of ether oxygens (including phenoxy) is 2. The van der Waals surface area contributed by atoms with E-state index in [1.807, 2.05) is 0 Å². The quantitative estimate of drug-likeness (QED) is 0.748. The molecule has 0 fully saturated rings. The molecule has 0 aliphatic heterocycles. The summed E-state index contributed by atoms with van der Waals surface area (Å²) in [6.07, 6.45) is 0.180. The molecule has 132 valence electrons. The molecule has 2 aromatic carbocycles. The van der Waals surface area contributed by atoms with Gasteiger partial charge in [-0.15, -0.1) is 6.58 Å². The van der Waals surface area contributed by atoms with E-state index in [2.05, 4.69) is 11.9 Å². The minimum absolute atomic E-state index is 0.259. The third-order valence-corrected chi connectivity index (χ3v) is 3.72. The maximum Gasteiger partial charge on any atom is 0.412 e. The number of hydrogen-bond acceptors (Lipinski definition) is 4. The Morgan fingerprint density at radius 2 is 1.96 bits per heavy atom. The first-order valence-electron chi connectivity index (χ1n) is 7.67. The topological polar surface area (TPSA) is 67.8 Å². The van der Waals surface area contributed by atoms with Crippen molar-refractivity contribution in [2.75, 3.05) is 12.4 Å². The number of amides is 1. The number of carbonyl (C=O) groups is 1. The third-order valence-electron chi connectivity index (χ3n) is 3.72. The van der Waals surface area contributed by atoms with Gasteiger partial charge in [-0.05, 0) is 42.0 Å². The molecule has 0 radical (unpaired) electrons. The minimum Gasteiger partial charge on any atom is -0.505 e. The van der Waals surface area contributed by atoms with E-state index < -0.39 is 23.8 Å². The van der Waals surface area contributed by atoms with Crippen molar-refractivity contribution in [2.45, 2.75) is 13.0 Å². The van der Waals surface area contributed by atoms with E-state index in [9.17, 15) is 14.3 Å². The Hall–Kier alpha value is -3.02. The number of phenolic OH excluding ortho intramolecular Hbond substituents is 1. The van der Waals surface area contributed by atoms with Crippen molar-refractivity contribution < 1.29 is 23.8 Å². The molecule has 6 heteroatoms. The lowest BCUT2D eigenvalue weighted by Crippen LogP contribution is -2.21. The van der Waals surface area contributed by atoms with Crippen LogP contribution >= 0.6 is 0 Å². The maximum atomic E-state index is 13.6. The highest BCUT2D eigenvalue weighted by atomic mass is 19.1. The fourth-order valence-electron chi connectivity index (χ4n) is 2.24. The van der Waals surface area contributed by atoms with Crippen molar-refractivity contribution in [2.24, 2.45) is 5.92 Å². The van der Waals surface area contributed by atoms with E-state index in [0.29, 0.717) is 17.0 Å². The van der Waals surface area contributed by atoms with Crippen LogP contribution in [0.4, 0.5) is 14.9 Å². The van der Waals surface area contributed by atoms with Gasteiger partial charge in [0.1, 0.15) is 11.9 Å². The van der Waals surface area contributed by atoms with Gasteiger partial charge in [0.2, 0.25) is 0 Å². The Labute approximate surface area is 145 Å². The smallest absolute Gasteiger partial charge is 0.412 e. The van der Waals surface area contributed by atoms with Crippen LogP contribution in [-0.4, -0.2) is 18.3 Å². The lowest BCUT2D eigenvalue weighted by atomic mass is 9.97. The molecule has 0 aliphatic rings. The average molecular weight is 345 g/mol. The zero-order valence-electron chi connectivity index (χ0n) is 14.0. The SMILES string of the molecule is C=C[C@@H](C)[C@H](OC(=O)Nc1ccc(OC)cc1)c1ccc(O)c(F)c1. The van der Waals surface area contributed by atoms with E-state index in [1.165, 1.54) is 12.1 Å². The summed E-state index contributed by atoms with van der Waals surface area (Å²) in [4.78, 5) is 12.2. The Kier molecular flexibility index (Phi) is 6.00. The predicted octanol–water partition coefficient (Wildman–Crippen LogP) is 4.65. The highest BCUT2D eigenvalue weighted by molar-refractivity contribution is 5.84. The number of methoxy groups -OCH3 is 1. The molecule has 2 rings (SSSR count). The Bertz CT molecular complexity index is 746. The van der Waals surface area contributed by atoms with Crippen LogP contribution in [0.1, 0.15) is 18.6 Å². The fraction of sp³-hybridized carbons (Fsp3) is 0.211. The number of aromatic hydroxyl groups is 1. The van der Waals surface area contributed by atoms with Crippen LogP contribution < -0.4 is 10.1 Å². The number of hydrogen-bond donors (Lipinski definition) is 2. The summed E-state index contributed by atoms with van der Waals surface area (Å²) < 4.78 is 24.1. The van der Waals surface area contributed by atoms with E-state index in [-0.39, 0.29) is 5.92 Å². The van der Waals surface area contributed by atoms with E-state index in [4.69, 9.17) is 9.47 Å². The van der Waals surface area contributed by atoms with Gasteiger partial charge < -0.3 is 14.6 Å². The van der Waals surface area contributed by atoms with Crippen molar-refractivity contribution in [3.63, 3.8) is 0 Å². The molecule has 0 saturated heterocycles. The first-order valence-corrected chi connectivity index (χ1v) is 7.67. The summed E-state index contributed by atoms with van der Waals surface area (Å²) in [5.74, 6) is -0.837. The van der Waals surface area contributed by atoms with Gasteiger partial charge in [-0.2, -0.15) is 0 Å². The van der Waals surface area contributed by atoms with Crippen molar-refractivity contribution in [1.82, 2.24) is 0 Å². The second-order valence-electron chi connectivity index (χ2n) is 5.49. The number of carbonyl (C=O) groups excluding carboxylic acids is 1. The van der Waals surface area contributed by atoms with Crippen molar-refractivity contribution in [3.05, 3.63) is 66.5 Å². The molecule has 0 aromatic heterocycles. The highest BCUT2D eigenvalue weighted by Crippen LogP contribution is 2.30. The largest absolute Gasteiger partial charge is 0.505 e. The average Bonchev–Trinajstić information content (AvgIpc) is 2.62. The summed E-state index contributed by atoms with van der Waals surface area (Å²) in [5.41, 5.74) is 0.959. The van der Waals surface area contributed by atoms with Gasteiger partial charge in [0, 0.05) is 11.6 Å². The first-order chi connectivity index (χ1) is 11.9. The monoisotopic (exact) mass is 345 g/mol. The molecule has 0 aliphatic carbocycles. The summed E-state index contributed by atoms with van der Waals surface area (Å²) >= 11 is 0. The van der Waals surface area contributed by atoms with Crippen LogP contribution in [0.2, 0.25) is 0 Å². The normalized spacial score (nSPS) is 12.8. The van der Waals surface area contributed by atoms with Crippen LogP contribution in [-0.2, 0) is 4.74 Å². The molecule has 0 heterocycles. The van der Waals surface area contributed by atoms with Crippen LogP contribution in [0.3, 0.4) is 0 Å².